The van der Waals surface area contributed by atoms with Gasteiger partial charge >= 0.3 is 18.4 Å². The second-order valence-electron chi connectivity index (χ2n) is 7.36. The second kappa shape index (κ2) is 7.16. The van der Waals surface area contributed by atoms with Crippen molar-refractivity contribution in [3.63, 3.8) is 0 Å². The largest absolute Gasteiger partial charge is 0.434 e. The second-order valence-corrected chi connectivity index (χ2v) is 7.36. The molecule has 3 unspecified atom stereocenters. The summed E-state index contributed by atoms with van der Waals surface area (Å²) in [6.45, 7) is 4.77. The highest BCUT2D eigenvalue weighted by atomic mass is 19.4. The zero-order valence-corrected chi connectivity index (χ0v) is 15.2. The molecular weight excluding hydrogens is 383 g/mol. The zero-order valence-electron chi connectivity index (χ0n) is 15.2. The number of carbonyl (C=O) groups is 1. The predicted octanol–water partition coefficient (Wildman–Crippen LogP) is 0.00310. The molecule has 0 aromatic carbocycles. The fraction of sp³-hybridized carbons (Fsp3) is 0.917. The van der Waals surface area contributed by atoms with Crippen molar-refractivity contribution < 1.29 is 35.9 Å². The van der Waals surface area contributed by atoms with E-state index in [0.29, 0.717) is 0 Å². The Morgan fingerprint density at radius 1 is 0.929 bits per heavy atom. The third-order valence-electron chi connectivity index (χ3n) is 4.18. The van der Waals surface area contributed by atoms with E-state index in [1.54, 1.807) is 20.8 Å². The topological polar surface area (TPSA) is 32.8 Å². The summed E-state index contributed by atoms with van der Waals surface area (Å²) >= 11 is 0. The van der Waals surface area contributed by atoms with Crippen LogP contribution in [-0.4, -0.2) is 110 Å². The van der Waals surface area contributed by atoms with Gasteiger partial charge in [-0.2, -0.15) is 26.3 Å². The number of rotatable bonds is 1. The Morgan fingerprint density at radius 2 is 1.32 bits per heavy atom. The molecule has 0 aromatic heterocycles. The smallest absolute Gasteiger partial charge is 0.427 e. The summed E-state index contributed by atoms with van der Waals surface area (Å²) in [6, 6.07) is 0. The third-order valence-corrected chi connectivity index (χ3v) is 4.18. The Labute approximate surface area is 166 Å². The van der Waals surface area contributed by atoms with Gasteiger partial charge in [-0.25, -0.2) is 4.79 Å². The Bertz CT molecular complexity index is 597. The van der Waals surface area contributed by atoms with Gasteiger partial charge in [-0.15, -0.1) is 0 Å². The highest BCUT2D eigenvalue weighted by molar-refractivity contribution is 6.45. The summed E-state index contributed by atoms with van der Waals surface area (Å²) < 4.78 is 80.9. The van der Waals surface area contributed by atoms with E-state index in [4.69, 9.17) is 39.2 Å². The SMILES string of the molecule is [B]C1C([B])N(C(C)(C)C)C([B])([B])C([B])N1C(=O)OC([B])(C(F)(F)F)C(F)(F)F. The van der Waals surface area contributed by atoms with Crippen LogP contribution in [0.15, 0.2) is 0 Å². The number of nitrogens with zero attached hydrogens (tertiary/aromatic N) is 2. The maximum atomic E-state index is 12.9. The maximum Gasteiger partial charge on any atom is 0.427 e. The summed E-state index contributed by atoms with van der Waals surface area (Å²) in [5.41, 5.74) is -6.22. The van der Waals surface area contributed by atoms with Crippen LogP contribution >= 0.6 is 0 Å². The molecule has 0 saturated carbocycles. The van der Waals surface area contributed by atoms with Crippen LogP contribution in [0.4, 0.5) is 31.1 Å². The van der Waals surface area contributed by atoms with Crippen molar-refractivity contribution in [2.24, 2.45) is 0 Å². The van der Waals surface area contributed by atoms with Crippen molar-refractivity contribution in [1.82, 2.24) is 9.80 Å². The van der Waals surface area contributed by atoms with Crippen LogP contribution in [0.3, 0.4) is 0 Å². The number of amides is 1. The van der Waals surface area contributed by atoms with Gasteiger partial charge in [0.05, 0.1) is 31.4 Å². The molecule has 28 heavy (non-hydrogen) atoms. The Kier molecular flexibility index (Phi) is 6.45. The van der Waals surface area contributed by atoms with Crippen molar-refractivity contribution >= 4 is 53.2 Å². The molecule has 1 aliphatic heterocycles. The van der Waals surface area contributed by atoms with Gasteiger partial charge in [0, 0.05) is 11.5 Å². The van der Waals surface area contributed by atoms with Crippen LogP contribution in [0.1, 0.15) is 20.8 Å². The summed E-state index contributed by atoms with van der Waals surface area (Å²) in [7, 11) is 33.4. The molecule has 4 nitrogen and oxygen atoms in total. The normalized spacial score (nSPS) is 27.5. The summed E-state index contributed by atoms with van der Waals surface area (Å²) in [4.78, 5) is 13.5. The molecule has 3 atom stereocenters. The van der Waals surface area contributed by atoms with E-state index in [1.807, 2.05) is 0 Å². The molecule has 1 fully saturated rings. The molecule has 0 aromatic rings. The van der Waals surface area contributed by atoms with E-state index in [1.165, 1.54) is 4.90 Å². The van der Waals surface area contributed by atoms with E-state index in [0.717, 1.165) is 0 Å². The molecule has 1 heterocycles. The lowest BCUT2D eigenvalue weighted by atomic mass is 9.46. The van der Waals surface area contributed by atoms with Gasteiger partial charge < -0.3 is 14.5 Å². The monoisotopic (exact) mass is 396 g/mol. The molecule has 0 aliphatic carbocycles. The predicted molar refractivity (Wildman–Crippen MR) is 93.4 cm³/mol. The minimum Gasteiger partial charge on any atom is -0.434 e. The van der Waals surface area contributed by atoms with Gasteiger partial charge in [-0.1, -0.05) is 0 Å². The lowest BCUT2D eigenvalue weighted by Gasteiger charge is -2.64. The van der Waals surface area contributed by atoms with E-state index in [2.05, 4.69) is 12.6 Å². The molecule has 0 bridgehead atoms. The Morgan fingerprint density at radius 3 is 1.64 bits per heavy atom. The number of carbonyl (C=O) groups excluding carboxylic acids is 1. The van der Waals surface area contributed by atoms with Crippen LogP contribution in [-0.2, 0) is 4.74 Å². The fourth-order valence-corrected chi connectivity index (χ4v) is 2.86. The van der Waals surface area contributed by atoms with Crippen molar-refractivity contribution in [3.8, 4) is 0 Å². The van der Waals surface area contributed by atoms with Gasteiger partial charge in [0.15, 0.2) is 7.85 Å². The van der Waals surface area contributed by atoms with Gasteiger partial charge in [-0.3, -0.25) is 0 Å². The van der Waals surface area contributed by atoms with E-state index < -0.39 is 52.6 Å². The quantitative estimate of drug-likeness (QED) is 0.463. The third kappa shape index (κ3) is 4.07. The van der Waals surface area contributed by atoms with Gasteiger partial charge in [-0.05, 0) is 38.0 Å². The zero-order chi connectivity index (χ0) is 22.7. The minimum absolute atomic E-state index is 0.0893. The van der Waals surface area contributed by atoms with E-state index in [9.17, 15) is 31.1 Å². The van der Waals surface area contributed by atoms with Crippen LogP contribution in [0, 0.1) is 0 Å². The van der Waals surface area contributed by atoms with Crippen molar-refractivity contribution in [2.45, 2.75) is 67.3 Å². The number of ether oxygens (including phenoxy) is 1. The summed E-state index contributed by atoms with van der Waals surface area (Å²) in [5, 5.41) is -2.19. The van der Waals surface area contributed by atoms with Crippen LogP contribution in [0.5, 0.6) is 0 Å². The summed E-state index contributed by atoms with van der Waals surface area (Å²) in [6.07, 6.45) is -14.7. The molecule has 142 valence electrons. The highest BCUT2D eigenvalue weighted by Crippen LogP contribution is 2.44. The van der Waals surface area contributed by atoms with Gasteiger partial charge in [0.2, 0.25) is 0 Å². The first kappa shape index (κ1) is 25.2. The van der Waals surface area contributed by atoms with E-state index in [-0.39, 0.29) is 4.90 Å². The molecule has 1 amide bonds. The molecule has 16 heteroatoms. The lowest BCUT2D eigenvalue weighted by molar-refractivity contribution is -0.331. The number of alkyl halides is 6. The molecule has 1 rings (SSSR count). The van der Waals surface area contributed by atoms with Gasteiger partial charge in [0.1, 0.15) is 7.85 Å². The lowest BCUT2D eigenvalue weighted by Crippen LogP contribution is -2.80. The van der Waals surface area contributed by atoms with Crippen LogP contribution < -0.4 is 0 Å². The van der Waals surface area contributed by atoms with Gasteiger partial charge in [0.25, 0.3) is 5.50 Å². The number of hydrogen-bond acceptors (Lipinski definition) is 3. The standard InChI is InChI=1S/C12H12B6F6N2O2/c1-8(2,3)26-5(14)4(13)25(6(15)9(26,16)17)7(27)28-10(18,11(19,20)21)12(22,23)24/h4-6H,1-3H3. The van der Waals surface area contributed by atoms with Crippen molar-refractivity contribution in [2.75, 3.05) is 0 Å². The van der Waals surface area contributed by atoms with E-state index >= 15 is 0 Å². The number of piperazine rings is 1. The number of hydrogen-bond donors (Lipinski definition) is 0. The Balaban J connectivity index is 3.35. The van der Waals surface area contributed by atoms with Crippen molar-refractivity contribution in [1.29, 1.82) is 0 Å². The van der Waals surface area contributed by atoms with Crippen molar-refractivity contribution in [3.05, 3.63) is 0 Å². The molecule has 0 N–H and O–H groups in total. The van der Waals surface area contributed by atoms with Crippen LogP contribution in [0.2, 0.25) is 0 Å². The molecule has 12 radical (unpaired) electrons. The molecule has 0 spiro atoms. The first-order chi connectivity index (χ1) is 12.1. The first-order valence-electron chi connectivity index (χ1n) is 7.68. The molecule has 1 saturated heterocycles. The number of halogens is 6. The highest BCUT2D eigenvalue weighted by Gasteiger charge is 2.70. The maximum absolute atomic E-state index is 12.9. The minimum atomic E-state index is -6.20. The van der Waals surface area contributed by atoms with Crippen LogP contribution in [0.25, 0.3) is 0 Å². The average Bonchev–Trinajstić information content (AvgIpc) is 2.41. The molecule has 1 aliphatic rings. The average molecular weight is 395 g/mol. The fourth-order valence-electron chi connectivity index (χ4n) is 2.86. The summed E-state index contributed by atoms with van der Waals surface area (Å²) in [5.74, 6) is -5.06. The Hall–Kier alpha value is -0.800. The first-order valence-corrected chi connectivity index (χ1v) is 7.68. The molecular formula is C12H12B6F6N2O2.